The molecule has 0 amide bonds. The van der Waals surface area contributed by atoms with Gasteiger partial charge < -0.3 is 5.73 Å². The van der Waals surface area contributed by atoms with E-state index in [1.807, 2.05) is 0 Å². The number of anilines is 2. The molecule has 7 nitrogen and oxygen atoms in total. The molecule has 90 valence electrons. The molecule has 2 heterocycles. The molecule has 2 aromatic heterocycles. The minimum absolute atomic E-state index is 0.0180. The molecule has 0 spiro atoms. The Morgan fingerprint density at radius 1 is 1.47 bits per heavy atom. The predicted molar refractivity (Wildman–Crippen MR) is 62.8 cm³/mol. The highest BCUT2D eigenvalue weighted by atomic mass is 32.2. The fraction of sp³-hybridized carbons (Fsp3) is 0.111. The molecule has 0 fully saturated rings. The third-order valence-electron chi connectivity index (χ3n) is 2.10. The van der Waals surface area contributed by atoms with E-state index in [0.29, 0.717) is 11.3 Å². The van der Waals surface area contributed by atoms with Gasteiger partial charge in [-0.15, -0.1) is 0 Å². The molecular weight excluding hydrogens is 242 g/mol. The average molecular weight is 253 g/mol. The van der Waals surface area contributed by atoms with E-state index in [9.17, 15) is 8.42 Å². The molecule has 8 heteroatoms. The Bertz CT molecular complexity index is 621. The van der Waals surface area contributed by atoms with Crippen LogP contribution in [0.2, 0.25) is 0 Å². The number of nitrogens with one attached hydrogen (secondary N) is 2. The first-order chi connectivity index (χ1) is 7.99. The minimum atomic E-state index is -3.68. The van der Waals surface area contributed by atoms with Gasteiger partial charge in [0.15, 0.2) is 5.03 Å². The zero-order valence-electron chi connectivity index (χ0n) is 9.01. The van der Waals surface area contributed by atoms with E-state index in [2.05, 4.69) is 19.9 Å². The van der Waals surface area contributed by atoms with Crippen molar-refractivity contribution in [3.05, 3.63) is 30.1 Å². The number of aromatic amines is 1. The Morgan fingerprint density at radius 3 is 2.82 bits per heavy atom. The van der Waals surface area contributed by atoms with Gasteiger partial charge in [0.05, 0.1) is 18.1 Å². The first kappa shape index (κ1) is 11.4. The summed E-state index contributed by atoms with van der Waals surface area (Å²) in [4.78, 5) is 3.92. The Hall–Kier alpha value is -2.09. The van der Waals surface area contributed by atoms with E-state index in [0.717, 1.165) is 0 Å². The van der Waals surface area contributed by atoms with Gasteiger partial charge in [0.25, 0.3) is 10.0 Å². The number of nitrogens with zero attached hydrogens (tertiary/aromatic N) is 2. The molecule has 0 radical (unpaired) electrons. The number of hydrogen-bond donors (Lipinski definition) is 3. The van der Waals surface area contributed by atoms with Crippen LogP contribution >= 0.6 is 0 Å². The first-order valence-electron chi connectivity index (χ1n) is 4.73. The van der Waals surface area contributed by atoms with Gasteiger partial charge in [-0.1, -0.05) is 0 Å². The molecule has 2 rings (SSSR count). The van der Waals surface area contributed by atoms with Gasteiger partial charge in [0, 0.05) is 0 Å². The Kier molecular flexibility index (Phi) is 2.72. The van der Waals surface area contributed by atoms with Gasteiger partial charge in [0.1, 0.15) is 5.82 Å². The maximum atomic E-state index is 11.8. The van der Waals surface area contributed by atoms with Crippen molar-refractivity contribution in [2.24, 2.45) is 0 Å². The number of H-pyrrole nitrogens is 1. The fourth-order valence-electron chi connectivity index (χ4n) is 1.28. The maximum absolute atomic E-state index is 11.8. The second-order valence-corrected chi connectivity index (χ2v) is 5.11. The second-order valence-electron chi connectivity index (χ2n) is 3.46. The molecule has 0 atom stereocenters. The summed E-state index contributed by atoms with van der Waals surface area (Å²) in [6.07, 6.45) is 2.75. The number of nitrogen functional groups attached to an aromatic ring is 1. The van der Waals surface area contributed by atoms with Gasteiger partial charge in [-0.05, 0) is 24.6 Å². The van der Waals surface area contributed by atoms with E-state index in [1.54, 1.807) is 13.0 Å². The standard InChI is InChI=1S/C9H11N5O2S/c1-6-4-7(10)5-11-9(6)14-17(15,16)8-2-3-12-13-8/h2-5H,10H2,1H3,(H,11,14)(H,12,13). The van der Waals surface area contributed by atoms with Crippen LogP contribution in [0.5, 0.6) is 0 Å². The zero-order chi connectivity index (χ0) is 12.5. The van der Waals surface area contributed by atoms with Crippen LogP contribution in [0.25, 0.3) is 0 Å². The molecule has 17 heavy (non-hydrogen) atoms. The van der Waals surface area contributed by atoms with Crippen molar-refractivity contribution in [3.8, 4) is 0 Å². The lowest BCUT2D eigenvalue weighted by Crippen LogP contribution is -2.15. The molecule has 0 unspecified atom stereocenters. The lowest BCUT2D eigenvalue weighted by atomic mass is 10.3. The van der Waals surface area contributed by atoms with Crippen LogP contribution in [-0.2, 0) is 10.0 Å². The summed E-state index contributed by atoms with van der Waals surface area (Å²) in [5, 5.41) is 5.94. The third-order valence-corrected chi connectivity index (χ3v) is 3.36. The topological polar surface area (TPSA) is 114 Å². The molecule has 0 saturated heterocycles. The van der Waals surface area contributed by atoms with E-state index in [1.165, 1.54) is 18.5 Å². The fourth-order valence-corrected chi connectivity index (χ4v) is 2.27. The van der Waals surface area contributed by atoms with E-state index in [4.69, 9.17) is 5.73 Å². The molecule has 2 aromatic rings. The van der Waals surface area contributed by atoms with Crippen LogP contribution in [0.1, 0.15) is 5.56 Å². The number of aryl methyl sites for hydroxylation is 1. The number of sulfonamides is 1. The van der Waals surface area contributed by atoms with E-state index < -0.39 is 10.0 Å². The number of nitrogens with two attached hydrogens (primary N) is 1. The normalized spacial score (nSPS) is 11.4. The Morgan fingerprint density at radius 2 is 2.24 bits per heavy atom. The predicted octanol–water partition coefficient (Wildman–Crippen LogP) is 0.496. The summed E-state index contributed by atoms with van der Waals surface area (Å²) in [6.45, 7) is 1.72. The number of hydrogen-bond acceptors (Lipinski definition) is 5. The summed E-state index contributed by atoms with van der Waals surface area (Å²) >= 11 is 0. The van der Waals surface area contributed by atoms with Gasteiger partial charge in [-0.3, -0.25) is 9.82 Å². The highest BCUT2D eigenvalue weighted by Crippen LogP contribution is 2.17. The quantitative estimate of drug-likeness (QED) is 0.736. The van der Waals surface area contributed by atoms with E-state index >= 15 is 0 Å². The van der Waals surface area contributed by atoms with Crippen LogP contribution in [0.4, 0.5) is 11.5 Å². The number of aromatic nitrogens is 3. The minimum Gasteiger partial charge on any atom is -0.397 e. The van der Waals surface area contributed by atoms with Crippen molar-refractivity contribution in [1.82, 2.24) is 15.2 Å². The average Bonchev–Trinajstić information content (AvgIpc) is 2.76. The largest absolute Gasteiger partial charge is 0.397 e. The number of pyridine rings is 1. The van der Waals surface area contributed by atoms with Crippen molar-refractivity contribution < 1.29 is 8.42 Å². The van der Waals surface area contributed by atoms with Gasteiger partial charge in [-0.2, -0.15) is 13.5 Å². The molecule has 0 aliphatic rings. The lowest BCUT2D eigenvalue weighted by Gasteiger charge is -2.08. The van der Waals surface area contributed by atoms with Crippen molar-refractivity contribution in [2.45, 2.75) is 11.9 Å². The van der Waals surface area contributed by atoms with Crippen molar-refractivity contribution in [2.75, 3.05) is 10.5 Å². The monoisotopic (exact) mass is 253 g/mol. The van der Waals surface area contributed by atoms with Gasteiger partial charge >= 0.3 is 0 Å². The molecule has 0 aromatic carbocycles. The smallest absolute Gasteiger partial charge is 0.279 e. The maximum Gasteiger partial charge on any atom is 0.279 e. The van der Waals surface area contributed by atoms with Crippen LogP contribution < -0.4 is 10.5 Å². The highest BCUT2D eigenvalue weighted by Gasteiger charge is 2.17. The van der Waals surface area contributed by atoms with Crippen molar-refractivity contribution in [3.63, 3.8) is 0 Å². The summed E-state index contributed by atoms with van der Waals surface area (Å²) in [6, 6.07) is 2.99. The third kappa shape index (κ3) is 2.36. The first-order valence-corrected chi connectivity index (χ1v) is 6.22. The molecular formula is C9H11N5O2S. The highest BCUT2D eigenvalue weighted by molar-refractivity contribution is 7.92. The summed E-state index contributed by atoms with van der Waals surface area (Å²) in [5.74, 6) is 0.244. The second kappa shape index (κ2) is 4.06. The molecule has 0 aliphatic carbocycles. The summed E-state index contributed by atoms with van der Waals surface area (Å²) in [5.41, 5.74) is 6.66. The molecule has 0 saturated carbocycles. The zero-order valence-corrected chi connectivity index (χ0v) is 9.82. The summed E-state index contributed by atoms with van der Waals surface area (Å²) < 4.78 is 26.0. The lowest BCUT2D eigenvalue weighted by molar-refractivity contribution is 0.597. The van der Waals surface area contributed by atoms with Crippen LogP contribution in [0.3, 0.4) is 0 Å². The molecule has 0 bridgehead atoms. The Labute approximate surface area is 98.1 Å². The SMILES string of the molecule is Cc1cc(N)cnc1NS(=O)(=O)c1ccn[nH]1. The van der Waals surface area contributed by atoms with Crippen LogP contribution in [0, 0.1) is 6.92 Å². The summed E-state index contributed by atoms with van der Waals surface area (Å²) in [7, 11) is -3.68. The molecule has 0 aliphatic heterocycles. The van der Waals surface area contributed by atoms with Gasteiger partial charge in [0.2, 0.25) is 0 Å². The van der Waals surface area contributed by atoms with Gasteiger partial charge in [-0.25, -0.2) is 4.98 Å². The van der Waals surface area contributed by atoms with Crippen molar-refractivity contribution in [1.29, 1.82) is 0 Å². The molecule has 4 N–H and O–H groups in total. The van der Waals surface area contributed by atoms with Crippen LogP contribution in [-0.4, -0.2) is 23.6 Å². The Balaban J connectivity index is 2.33. The van der Waals surface area contributed by atoms with Crippen LogP contribution in [0.15, 0.2) is 29.6 Å². The van der Waals surface area contributed by atoms with E-state index in [-0.39, 0.29) is 10.8 Å². The van der Waals surface area contributed by atoms with Crippen molar-refractivity contribution >= 4 is 21.5 Å². The number of rotatable bonds is 3.